The van der Waals surface area contributed by atoms with Crippen LogP contribution in [0.15, 0.2) is 24.3 Å². The van der Waals surface area contributed by atoms with Gasteiger partial charge in [-0.2, -0.15) is 4.80 Å². The van der Waals surface area contributed by atoms with Crippen molar-refractivity contribution in [2.75, 3.05) is 13.1 Å². The van der Waals surface area contributed by atoms with Gasteiger partial charge in [0.1, 0.15) is 6.54 Å². The van der Waals surface area contributed by atoms with Crippen LogP contribution in [0.4, 0.5) is 0 Å². The maximum Gasteiger partial charge on any atom is 0.246 e. The molecule has 1 fully saturated rings. The van der Waals surface area contributed by atoms with Gasteiger partial charge in [-0.1, -0.05) is 38.1 Å². The van der Waals surface area contributed by atoms with Crippen molar-refractivity contribution in [2.24, 2.45) is 0 Å². The molecule has 0 saturated carbocycles. The maximum absolute atomic E-state index is 12.5. The van der Waals surface area contributed by atoms with Gasteiger partial charge in [0.15, 0.2) is 0 Å². The molecule has 0 bridgehead atoms. The molecule has 1 aromatic carbocycles. The third kappa shape index (κ3) is 4.22. The lowest BCUT2D eigenvalue weighted by Crippen LogP contribution is -2.49. The van der Waals surface area contributed by atoms with Gasteiger partial charge in [0.2, 0.25) is 11.7 Å². The average molecular weight is 343 g/mol. The quantitative estimate of drug-likeness (QED) is 0.850. The molecule has 1 saturated heterocycles. The van der Waals surface area contributed by atoms with Crippen LogP contribution in [0.2, 0.25) is 0 Å². The number of hydrogen-bond acceptors (Lipinski definition) is 5. The van der Waals surface area contributed by atoms with Gasteiger partial charge in [0.25, 0.3) is 0 Å². The summed E-state index contributed by atoms with van der Waals surface area (Å²) in [5.41, 5.74) is 2.17. The highest BCUT2D eigenvalue weighted by Crippen LogP contribution is 2.19. The minimum Gasteiger partial charge on any atom is -0.372 e. The van der Waals surface area contributed by atoms with Gasteiger partial charge in [-0.05, 0) is 30.5 Å². The van der Waals surface area contributed by atoms with Crippen molar-refractivity contribution in [2.45, 2.75) is 52.4 Å². The Labute approximate surface area is 148 Å². The van der Waals surface area contributed by atoms with Gasteiger partial charge in [-0.3, -0.25) is 4.79 Å². The molecule has 2 heterocycles. The van der Waals surface area contributed by atoms with E-state index in [-0.39, 0.29) is 24.7 Å². The number of carbonyl (C=O) groups is 1. The van der Waals surface area contributed by atoms with E-state index in [9.17, 15) is 4.79 Å². The molecule has 2 aromatic rings. The molecule has 0 spiro atoms. The van der Waals surface area contributed by atoms with E-state index in [0.717, 1.165) is 5.56 Å². The molecule has 1 aliphatic rings. The fourth-order valence-corrected chi connectivity index (χ4v) is 3.05. The van der Waals surface area contributed by atoms with Crippen molar-refractivity contribution in [3.63, 3.8) is 0 Å². The molecule has 0 radical (unpaired) electrons. The highest BCUT2D eigenvalue weighted by atomic mass is 16.5. The predicted octanol–water partition coefficient (Wildman–Crippen LogP) is 2.10. The summed E-state index contributed by atoms with van der Waals surface area (Å²) in [5, 5.41) is 12.4. The Balaban J connectivity index is 1.66. The summed E-state index contributed by atoms with van der Waals surface area (Å²) >= 11 is 0. The zero-order chi connectivity index (χ0) is 18.0. The third-order valence-corrected chi connectivity index (χ3v) is 4.34. The first kappa shape index (κ1) is 17.5. The van der Waals surface area contributed by atoms with Gasteiger partial charge < -0.3 is 9.64 Å². The number of ether oxygens (including phenoxy) is 1. The van der Waals surface area contributed by atoms with E-state index in [0.29, 0.717) is 24.8 Å². The second kappa shape index (κ2) is 7.31. The fraction of sp³-hybridized carbons (Fsp3) is 0.556. The molecule has 25 heavy (non-hydrogen) atoms. The monoisotopic (exact) mass is 343 g/mol. The Kier molecular flexibility index (Phi) is 5.13. The van der Waals surface area contributed by atoms with Crippen LogP contribution in [0.5, 0.6) is 0 Å². The molecule has 7 nitrogen and oxygen atoms in total. The second-order valence-corrected chi connectivity index (χ2v) is 6.98. The van der Waals surface area contributed by atoms with Crippen LogP contribution < -0.4 is 0 Å². The van der Waals surface area contributed by atoms with E-state index in [1.165, 1.54) is 10.4 Å². The SMILES string of the molecule is CC(C)c1ccc(-c2nnn(CC(=O)N3C[C@@H](C)O[C@@H](C)C3)n2)cc1. The summed E-state index contributed by atoms with van der Waals surface area (Å²) in [7, 11) is 0. The molecule has 1 amide bonds. The van der Waals surface area contributed by atoms with Gasteiger partial charge in [0.05, 0.1) is 12.2 Å². The Morgan fingerprint density at radius 3 is 2.44 bits per heavy atom. The predicted molar refractivity (Wildman–Crippen MR) is 93.9 cm³/mol. The molecule has 0 N–H and O–H groups in total. The summed E-state index contributed by atoms with van der Waals surface area (Å²) in [6, 6.07) is 8.12. The van der Waals surface area contributed by atoms with Crippen LogP contribution in [-0.4, -0.2) is 56.3 Å². The molecular formula is C18H25N5O2. The number of hydrogen-bond donors (Lipinski definition) is 0. The van der Waals surface area contributed by atoms with Crippen LogP contribution >= 0.6 is 0 Å². The first-order chi connectivity index (χ1) is 11.9. The van der Waals surface area contributed by atoms with Crippen LogP contribution in [-0.2, 0) is 16.1 Å². The number of benzene rings is 1. The number of carbonyl (C=O) groups excluding carboxylic acids is 1. The van der Waals surface area contributed by atoms with Crippen LogP contribution in [0.1, 0.15) is 39.2 Å². The topological polar surface area (TPSA) is 73.1 Å². The van der Waals surface area contributed by atoms with Crippen molar-refractivity contribution in [1.29, 1.82) is 0 Å². The van der Waals surface area contributed by atoms with Crippen LogP contribution in [0, 0.1) is 0 Å². The number of aromatic nitrogens is 4. The lowest BCUT2D eigenvalue weighted by Gasteiger charge is -2.35. The zero-order valence-electron chi connectivity index (χ0n) is 15.2. The van der Waals surface area contributed by atoms with Crippen molar-refractivity contribution in [1.82, 2.24) is 25.1 Å². The largest absolute Gasteiger partial charge is 0.372 e. The zero-order valence-corrected chi connectivity index (χ0v) is 15.2. The van der Waals surface area contributed by atoms with Crippen LogP contribution in [0.25, 0.3) is 11.4 Å². The third-order valence-electron chi connectivity index (χ3n) is 4.34. The molecule has 0 aliphatic carbocycles. The minimum absolute atomic E-state index is 0.0129. The summed E-state index contributed by atoms with van der Waals surface area (Å²) < 4.78 is 5.66. The van der Waals surface area contributed by atoms with E-state index >= 15 is 0 Å². The highest BCUT2D eigenvalue weighted by molar-refractivity contribution is 5.76. The minimum atomic E-state index is -0.0129. The molecular weight excluding hydrogens is 318 g/mol. The number of amides is 1. The number of morpholine rings is 1. The normalized spacial score (nSPS) is 20.9. The van der Waals surface area contributed by atoms with Crippen molar-refractivity contribution in [3.8, 4) is 11.4 Å². The van der Waals surface area contributed by atoms with Crippen molar-refractivity contribution < 1.29 is 9.53 Å². The summed E-state index contributed by atoms with van der Waals surface area (Å²) in [6.45, 7) is 9.55. The molecule has 1 aromatic heterocycles. The number of nitrogens with zero attached hydrogens (tertiary/aromatic N) is 5. The Hall–Kier alpha value is -2.28. The summed E-state index contributed by atoms with van der Waals surface area (Å²) in [4.78, 5) is 15.6. The first-order valence-corrected chi connectivity index (χ1v) is 8.73. The molecule has 7 heteroatoms. The second-order valence-electron chi connectivity index (χ2n) is 6.98. The lowest BCUT2D eigenvalue weighted by atomic mass is 10.0. The Morgan fingerprint density at radius 2 is 1.84 bits per heavy atom. The van der Waals surface area contributed by atoms with E-state index in [1.807, 2.05) is 26.0 Å². The molecule has 3 rings (SSSR count). The standard InChI is InChI=1S/C18H25N5O2/c1-12(2)15-5-7-16(8-6-15)18-19-21-23(20-18)11-17(24)22-9-13(3)25-14(4)10-22/h5-8,12-14H,9-11H2,1-4H3/t13-,14+. The van der Waals surface area contributed by atoms with E-state index in [4.69, 9.17) is 4.74 Å². The summed E-state index contributed by atoms with van der Waals surface area (Å²) in [6.07, 6.45) is 0.0953. The van der Waals surface area contributed by atoms with Gasteiger partial charge in [-0.25, -0.2) is 0 Å². The van der Waals surface area contributed by atoms with E-state index in [1.54, 1.807) is 4.90 Å². The maximum atomic E-state index is 12.5. The molecule has 0 unspecified atom stereocenters. The van der Waals surface area contributed by atoms with E-state index < -0.39 is 0 Å². The van der Waals surface area contributed by atoms with E-state index in [2.05, 4.69) is 41.4 Å². The molecule has 2 atom stereocenters. The van der Waals surface area contributed by atoms with Gasteiger partial charge in [-0.15, -0.1) is 10.2 Å². The summed E-state index contributed by atoms with van der Waals surface area (Å²) in [5.74, 6) is 1.00. The molecule has 134 valence electrons. The molecule has 1 aliphatic heterocycles. The van der Waals surface area contributed by atoms with Gasteiger partial charge in [0, 0.05) is 18.7 Å². The van der Waals surface area contributed by atoms with Crippen molar-refractivity contribution >= 4 is 5.91 Å². The van der Waals surface area contributed by atoms with Gasteiger partial charge >= 0.3 is 0 Å². The number of tetrazole rings is 1. The Bertz CT molecular complexity index is 715. The average Bonchev–Trinajstić information content (AvgIpc) is 3.02. The first-order valence-electron chi connectivity index (χ1n) is 8.73. The number of rotatable bonds is 4. The smallest absolute Gasteiger partial charge is 0.246 e. The highest BCUT2D eigenvalue weighted by Gasteiger charge is 2.26. The Morgan fingerprint density at radius 1 is 1.20 bits per heavy atom. The fourth-order valence-electron chi connectivity index (χ4n) is 3.05. The lowest BCUT2D eigenvalue weighted by molar-refractivity contribution is -0.144. The van der Waals surface area contributed by atoms with Crippen LogP contribution in [0.3, 0.4) is 0 Å². The van der Waals surface area contributed by atoms with Crippen molar-refractivity contribution in [3.05, 3.63) is 29.8 Å².